The highest BCUT2D eigenvalue weighted by Crippen LogP contribution is 2.31. The van der Waals surface area contributed by atoms with Gasteiger partial charge in [0, 0.05) is 60.4 Å². The molecule has 2 aliphatic heterocycles. The number of aliphatic hydroxyl groups excluding tert-OH is 1. The van der Waals surface area contributed by atoms with Crippen molar-refractivity contribution in [3.63, 3.8) is 0 Å². The van der Waals surface area contributed by atoms with Crippen molar-refractivity contribution in [2.24, 2.45) is 10.7 Å². The van der Waals surface area contributed by atoms with Crippen LogP contribution < -0.4 is 16.0 Å². The molecule has 5 rings (SSSR count). The predicted octanol–water partition coefficient (Wildman–Crippen LogP) is 2.38. The molecule has 0 unspecified atom stereocenters. The third kappa shape index (κ3) is 5.53. The van der Waals surface area contributed by atoms with Crippen LogP contribution in [0.3, 0.4) is 0 Å². The zero-order valence-corrected chi connectivity index (χ0v) is 24.2. The molecule has 218 valence electrons. The Kier molecular flexibility index (Phi) is 8.41. The van der Waals surface area contributed by atoms with Crippen LogP contribution in [0, 0.1) is 0 Å². The summed E-state index contributed by atoms with van der Waals surface area (Å²) in [6.45, 7) is 2.85. The smallest absolute Gasteiger partial charge is 0.277 e. The van der Waals surface area contributed by atoms with Crippen LogP contribution in [0.15, 0.2) is 58.7 Å². The van der Waals surface area contributed by atoms with Gasteiger partial charge in [-0.05, 0) is 61.2 Å². The summed E-state index contributed by atoms with van der Waals surface area (Å²) in [5.41, 5.74) is 10.7. The number of β-amino-alcohol motifs (C(OH)–C–C–N with tert-alkyl or cyclic N) is 1. The molecule has 0 spiro atoms. The average molecular weight is 590 g/mol. The lowest BCUT2D eigenvalue weighted by molar-refractivity contribution is 0.0705. The first-order chi connectivity index (χ1) is 20.2. The zero-order chi connectivity index (χ0) is 30.0. The van der Waals surface area contributed by atoms with Gasteiger partial charge in [-0.15, -0.1) is 0 Å². The fraction of sp³-hybridized carbons (Fsp3) is 0.300. The predicted molar refractivity (Wildman–Crippen MR) is 161 cm³/mol. The highest BCUT2D eigenvalue weighted by atomic mass is 35.5. The van der Waals surface area contributed by atoms with E-state index in [1.165, 1.54) is 4.68 Å². The second kappa shape index (κ2) is 12.2. The molecule has 2 aliphatic rings. The SMILES string of the molecule is CN=C/C(C)=C(\N)CNC(=O)c1nn(-c2cccc(Cl)c2)c2c1CCN(c1ccc3c(c1)C(=O)N(CCO)CC3)C2=O. The summed E-state index contributed by atoms with van der Waals surface area (Å²) in [5.74, 6) is -0.984. The summed E-state index contributed by atoms with van der Waals surface area (Å²) in [5, 5.41) is 17.2. The highest BCUT2D eigenvalue weighted by molar-refractivity contribution is 6.30. The number of hydrogen-bond acceptors (Lipinski definition) is 7. The quantitative estimate of drug-likeness (QED) is 0.344. The fourth-order valence-electron chi connectivity index (χ4n) is 5.27. The zero-order valence-electron chi connectivity index (χ0n) is 23.4. The molecular weight excluding hydrogens is 558 g/mol. The standard InChI is InChI=1S/C30H32ClN7O4/c1-18(16-33-2)25(32)17-34-28(40)26-23-9-11-37(30(42)27(23)38(35-26)22-5-3-4-20(31)14-22)21-7-6-19-8-10-36(12-13-39)29(41)24(19)15-21/h3-7,14-16,39H,8-13,17,32H2,1-2H3,(H,34,40)/b25-18-,33-16?. The van der Waals surface area contributed by atoms with Gasteiger partial charge in [-0.2, -0.15) is 5.10 Å². The van der Waals surface area contributed by atoms with Crippen molar-refractivity contribution in [1.29, 1.82) is 0 Å². The third-order valence-electron chi connectivity index (χ3n) is 7.50. The number of nitrogens with two attached hydrogens (primary N) is 1. The van der Waals surface area contributed by atoms with Crippen LogP contribution in [-0.2, 0) is 12.8 Å². The van der Waals surface area contributed by atoms with Crippen molar-refractivity contribution >= 4 is 41.2 Å². The molecule has 0 atom stereocenters. The van der Waals surface area contributed by atoms with Crippen LogP contribution in [0.5, 0.6) is 0 Å². The Morgan fingerprint density at radius 1 is 1.14 bits per heavy atom. The molecule has 3 aromatic rings. The third-order valence-corrected chi connectivity index (χ3v) is 7.73. The van der Waals surface area contributed by atoms with Crippen molar-refractivity contribution in [3.8, 4) is 5.69 Å². The van der Waals surface area contributed by atoms with Gasteiger partial charge in [-0.25, -0.2) is 4.68 Å². The first-order valence-corrected chi connectivity index (χ1v) is 14.0. The van der Waals surface area contributed by atoms with Gasteiger partial charge >= 0.3 is 0 Å². The van der Waals surface area contributed by atoms with Gasteiger partial charge in [0.25, 0.3) is 17.7 Å². The number of aliphatic hydroxyl groups is 1. The van der Waals surface area contributed by atoms with Gasteiger partial charge in [0.1, 0.15) is 5.69 Å². The second-order valence-electron chi connectivity index (χ2n) is 10.2. The van der Waals surface area contributed by atoms with Crippen LogP contribution >= 0.6 is 11.6 Å². The van der Waals surface area contributed by atoms with Crippen LogP contribution in [0.25, 0.3) is 5.69 Å². The number of carbonyl (C=O) groups is 3. The number of halogens is 1. The Labute approximate surface area is 248 Å². The van der Waals surface area contributed by atoms with E-state index >= 15 is 0 Å². The van der Waals surface area contributed by atoms with Gasteiger partial charge in [0.2, 0.25) is 0 Å². The van der Waals surface area contributed by atoms with E-state index in [0.29, 0.717) is 52.6 Å². The molecule has 1 aromatic heterocycles. The van der Waals surface area contributed by atoms with Crippen molar-refractivity contribution in [2.45, 2.75) is 19.8 Å². The monoisotopic (exact) mass is 589 g/mol. The summed E-state index contributed by atoms with van der Waals surface area (Å²) in [6, 6.07) is 12.3. The van der Waals surface area contributed by atoms with Crippen LogP contribution in [0.2, 0.25) is 5.02 Å². The molecule has 0 saturated heterocycles. The minimum atomic E-state index is -0.458. The molecule has 0 bridgehead atoms. The molecule has 42 heavy (non-hydrogen) atoms. The number of aromatic nitrogens is 2. The Balaban J connectivity index is 1.51. The fourth-order valence-corrected chi connectivity index (χ4v) is 5.45. The number of allylic oxidation sites excluding steroid dienone is 1. The second-order valence-corrected chi connectivity index (χ2v) is 10.6. The number of anilines is 1. The minimum absolute atomic E-state index is 0.0893. The summed E-state index contributed by atoms with van der Waals surface area (Å²) >= 11 is 6.27. The van der Waals surface area contributed by atoms with E-state index in [1.54, 1.807) is 60.3 Å². The van der Waals surface area contributed by atoms with Gasteiger partial charge in [-0.1, -0.05) is 23.7 Å². The number of fused-ring (bicyclic) bond motifs is 2. The molecule has 11 nitrogen and oxygen atoms in total. The Bertz CT molecular complexity index is 1630. The number of hydrogen-bond donors (Lipinski definition) is 3. The Morgan fingerprint density at radius 3 is 2.69 bits per heavy atom. The topological polar surface area (TPSA) is 146 Å². The Hall–Kier alpha value is -4.48. The van der Waals surface area contributed by atoms with E-state index in [2.05, 4.69) is 15.4 Å². The summed E-state index contributed by atoms with van der Waals surface area (Å²) in [7, 11) is 1.64. The molecule has 2 aromatic carbocycles. The molecule has 0 radical (unpaired) electrons. The molecule has 0 fully saturated rings. The highest BCUT2D eigenvalue weighted by Gasteiger charge is 2.36. The molecule has 4 N–H and O–H groups in total. The lowest BCUT2D eigenvalue weighted by Crippen LogP contribution is -2.41. The normalized spacial score (nSPS) is 15.5. The summed E-state index contributed by atoms with van der Waals surface area (Å²) in [6.07, 6.45) is 2.64. The van der Waals surface area contributed by atoms with Gasteiger partial charge in [-0.3, -0.25) is 19.4 Å². The van der Waals surface area contributed by atoms with Crippen molar-refractivity contribution in [1.82, 2.24) is 20.0 Å². The first-order valence-electron chi connectivity index (χ1n) is 13.6. The van der Waals surface area contributed by atoms with E-state index in [9.17, 15) is 19.5 Å². The number of amides is 3. The van der Waals surface area contributed by atoms with E-state index in [-0.39, 0.29) is 49.4 Å². The number of nitrogens with zero attached hydrogens (tertiary/aromatic N) is 5. The minimum Gasteiger partial charge on any atom is -0.400 e. The van der Waals surface area contributed by atoms with Crippen molar-refractivity contribution in [3.05, 3.63) is 86.8 Å². The lowest BCUT2D eigenvalue weighted by Gasteiger charge is -2.31. The largest absolute Gasteiger partial charge is 0.400 e. The number of carbonyl (C=O) groups excluding carboxylic acids is 3. The number of benzene rings is 2. The molecule has 12 heteroatoms. The van der Waals surface area contributed by atoms with Crippen molar-refractivity contribution < 1.29 is 19.5 Å². The lowest BCUT2D eigenvalue weighted by atomic mass is 9.96. The van der Waals surface area contributed by atoms with Gasteiger partial charge < -0.3 is 26.0 Å². The van der Waals surface area contributed by atoms with E-state index in [0.717, 1.165) is 11.1 Å². The van der Waals surface area contributed by atoms with E-state index in [4.69, 9.17) is 17.3 Å². The van der Waals surface area contributed by atoms with Crippen LogP contribution in [0.1, 0.15) is 49.4 Å². The number of aliphatic imine (C=N–C) groups is 1. The number of rotatable bonds is 8. The summed E-state index contributed by atoms with van der Waals surface area (Å²) < 4.78 is 1.45. The maximum atomic E-state index is 14.1. The molecule has 0 saturated carbocycles. The molecular formula is C30H32ClN7O4. The van der Waals surface area contributed by atoms with Crippen LogP contribution in [0.4, 0.5) is 5.69 Å². The number of nitrogens with one attached hydrogen (secondary N) is 1. The summed E-state index contributed by atoms with van der Waals surface area (Å²) in [4.78, 5) is 47.7. The van der Waals surface area contributed by atoms with Crippen LogP contribution in [-0.4, -0.2) is 83.6 Å². The van der Waals surface area contributed by atoms with E-state index in [1.807, 2.05) is 12.1 Å². The molecule has 3 amide bonds. The van der Waals surface area contributed by atoms with Crippen molar-refractivity contribution in [2.75, 3.05) is 44.7 Å². The molecule has 0 aliphatic carbocycles. The first kappa shape index (κ1) is 29.0. The average Bonchev–Trinajstić information content (AvgIpc) is 3.38. The molecule has 3 heterocycles. The van der Waals surface area contributed by atoms with Gasteiger partial charge in [0.15, 0.2) is 5.69 Å². The maximum absolute atomic E-state index is 14.1. The Morgan fingerprint density at radius 2 is 1.95 bits per heavy atom. The van der Waals surface area contributed by atoms with Gasteiger partial charge in [0.05, 0.1) is 18.8 Å². The maximum Gasteiger partial charge on any atom is 0.277 e. The van der Waals surface area contributed by atoms with E-state index < -0.39 is 5.91 Å².